The second-order valence-corrected chi connectivity index (χ2v) is 4.52. The van der Waals surface area contributed by atoms with Crippen LogP contribution in [0.15, 0.2) is 30.4 Å². The Balaban J connectivity index is 2.21. The predicted octanol–water partition coefficient (Wildman–Crippen LogP) is 2.94. The lowest BCUT2D eigenvalue weighted by Gasteiger charge is -2.17. The molecule has 1 aliphatic heterocycles. The number of rotatable bonds is 4. The van der Waals surface area contributed by atoms with Crippen molar-refractivity contribution in [2.75, 3.05) is 7.05 Å². The van der Waals surface area contributed by atoms with Crippen LogP contribution >= 0.6 is 0 Å². The Morgan fingerprint density at radius 3 is 2.88 bits per heavy atom. The fraction of sp³-hybridized carbons (Fsp3) is 0.429. The Labute approximate surface area is 97.3 Å². The Morgan fingerprint density at radius 2 is 2.19 bits per heavy atom. The molecule has 0 amide bonds. The van der Waals surface area contributed by atoms with E-state index in [2.05, 4.69) is 37.0 Å². The fourth-order valence-electron chi connectivity index (χ4n) is 2.14. The summed E-state index contributed by atoms with van der Waals surface area (Å²) in [5.74, 6) is 0. The summed E-state index contributed by atoms with van der Waals surface area (Å²) in [5, 5.41) is 3.34. The minimum atomic E-state index is 0.364. The van der Waals surface area contributed by atoms with E-state index in [9.17, 15) is 0 Å². The van der Waals surface area contributed by atoms with Crippen molar-refractivity contribution in [1.82, 2.24) is 5.32 Å². The molecule has 0 bridgehead atoms. The molecule has 2 rings (SSSR count). The molecule has 0 saturated carbocycles. The maximum atomic E-state index is 5.43. The van der Waals surface area contributed by atoms with Crippen molar-refractivity contribution in [2.24, 2.45) is 0 Å². The highest BCUT2D eigenvalue weighted by atomic mass is 16.5. The summed E-state index contributed by atoms with van der Waals surface area (Å²) in [7, 11) is 2.00. The van der Waals surface area contributed by atoms with E-state index in [1.165, 1.54) is 22.3 Å². The molecular formula is C14H19NO. The standard InChI is InChI=1S/C14H19NO/c1-10(2)6-14(15-3)11-4-5-12-8-16-9-13(12)7-11/h4-5,7,14-15H,1,6,8-9H2,2-3H3. The van der Waals surface area contributed by atoms with Gasteiger partial charge in [-0.3, -0.25) is 0 Å². The third kappa shape index (κ3) is 2.34. The molecule has 0 aliphatic carbocycles. The molecule has 1 aliphatic rings. The van der Waals surface area contributed by atoms with Gasteiger partial charge in [0.05, 0.1) is 13.2 Å². The van der Waals surface area contributed by atoms with E-state index in [0.717, 1.165) is 19.6 Å². The normalized spacial score (nSPS) is 15.9. The van der Waals surface area contributed by atoms with Crippen molar-refractivity contribution in [3.8, 4) is 0 Å². The quantitative estimate of drug-likeness (QED) is 0.783. The Hall–Kier alpha value is -1.12. The zero-order chi connectivity index (χ0) is 11.5. The smallest absolute Gasteiger partial charge is 0.0725 e. The first-order chi connectivity index (χ1) is 7.70. The molecule has 0 aromatic heterocycles. The lowest BCUT2D eigenvalue weighted by Crippen LogP contribution is -2.16. The molecule has 0 saturated heterocycles. The summed E-state index contributed by atoms with van der Waals surface area (Å²) in [6, 6.07) is 6.99. The van der Waals surface area contributed by atoms with Crippen molar-refractivity contribution in [1.29, 1.82) is 0 Å². The van der Waals surface area contributed by atoms with Crippen molar-refractivity contribution in [2.45, 2.75) is 32.6 Å². The van der Waals surface area contributed by atoms with Crippen LogP contribution in [-0.2, 0) is 18.0 Å². The van der Waals surface area contributed by atoms with Gasteiger partial charge in [0, 0.05) is 6.04 Å². The number of hydrogen-bond acceptors (Lipinski definition) is 2. The predicted molar refractivity (Wildman–Crippen MR) is 66.2 cm³/mol. The first-order valence-corrected chi connectivity index (χ1v) is 5.72. The van der Waals surface area contributed by atoms with Crippen LogP contribution in [0.4, 0.5) is 0 Å². The highest BCUT2D eigenvalue weighted by Gasteiger charge is 2.15. The number of benzene rings is 1. The van der Waals surface area contributed by atoms with E-state index in [-0.39, 0.29) is 0 Å². The van der Waals surface area contributed by atoms with E-state index in [4.69, 9.17) is 4.74 Å². The van der Waals surface area contributed by atoms with Crippen molar-refractivity contribution < 1.29 is 4.74 Å². The fourth-order valence-corrected chi connectivity index (χ4v) is 2.14. The van der Waals surface area contributed by atoms with Crippen LogP contribution in [-0.4, -0.2) is 7.05 Å². The molecule has 1 aromatic rings. The topological polar surface area (TPSA) is 21.3 Å². The van der Waals surface area contributed by atoms with Gasteiger partial charge < -0.3 is 10.1 Å². The van der Waals surface area contributed by atoms with Gasteiger partial charge in [-0.1, -0.05) is 23.8 Å². The van der Waals surface area contributed by atoms with Gasteiger partial charge in [-0.2, -0.15) is 0 Å². The molecule has 0 spiro atoms. The summed E-state index contributed by atoms with van der Waals surface area (Å²) >= 11 is 0. The van der Waals surface area contributed by atoms with Crippen LogP contribution in [0.25, 0.3) is 0 Å². The van der Waals surface area contributed by atoms with E-state index in [1.807, 2.05) is 7.05 Å². The third-order valence-electron chi connectivity index (χ3n) is 3.05. The largest absolute Gasteiger partial charge is 0.372 e. The highest BCUT2D eigenvalue weighted by Crippen LogP contribution is 2.26. The van der Waals surface area contributed by atoms with Gasteiger partial charge in [-0.25, -0.2) is 0 Å². The summed E-state index contributed by atoms with van der Waals surface area (Å²) in [6.45, 7) is 7.57. The number of fused-ring (bicyclic) bond motifs is 1. The lowest BCUT2D eigenvalue weighted by molar-refractivity contribution is 0.134. The maximum Gasteiger partial charge on any atom is 0.0725 e. The molecule has 1 heterocycles. The lowest BCUT2D eigenvalue weighted by atomic mass is 9.97. The molecule has 1 aromatic carbocycles. The first kappa shape index (κ1) is 11.4. The monoisotopic (exact) mass is 217 g/mol. The van der Waals surface area contributed by atoms with Gasteiger partial charge in [0.2, 0.25) is 0 Å². The summed E-state index contributed by atoms with van der Waals surface area (Å²) in [6.07, 6.45) is 0.982. The van der Waals surface area contributed by atoms with Gasteiger partial charge in [-0.05, 0) is 37.1 Å². The Bertz CT molecular complexity index is 398. The Kier molecular flexibility index (Phi) is 3.42. The number of ether oxygens (including phenoxy) is 1. The zero-order valence-corrected chi connectivity index (χ0v) is 10.0. The molecule has 2 nitrogen and oxygen atoms in total. The zero-order valence-electron chi connectivity index (χ0n) is 10.0. The average molecular weight is 217 g/mol. The van der Waals surface area contributed by atoms with Gasteiger partial charge >= 0.3 is 0 Å². The molecule has 1 atom stereocenters. The molecular weight excluding hydrogens is 198 g/mol. The molecule has 1 unspecified atom stereocenters. The van der Waals surface area contributed by atoms with Crippen molar-refractivity contribution in [3.63, 3.8) is 0 Å². The second-order valence-electron chi connectivity index (χ2n) is 4.52. The number of hydrogen-bond donors (Lipinski definition) is 1. The van der Waals surface area contributed by atoms with Gasteiger partial charge in [0.25, 0.3) is 0 Å². The first-order valence-electron chi connectivity index (χ1n) is 5.72. The summed E-state index contributed by atoms with van der Waals surface area (Å²) < 4.78 is 5.43. The average Bonchev–Trinajstić information content (AvgIpc) is 2.72. The van der Waals surface area contributed by atoms with Gasteiger partial charge in [0.15, 0.2) is 0 Å². The van der Waals surface area contributed by atoms with E-state index < -0.39 is 0 Å². The molecule has 0 radical (unpaired) electrons. The van der Waals surface area contributed by atoms with Crippen LogP contribution in [0.1, 0.15) is 36.1 Å². The van der Waals surface area contributed by atoms with Gasteiger partial charge in [0.1, 0.15) is 0 Å². The van der Waals surface area contributed by atoms with E-state index in [0.29, 0.717) is 6.04 Å². The van der Waals surface area contributed by atoms with E-state index >= 15 is 0 Å². The van der Waals surface area contributed by atoms with Crippen LogP contribution in [0, 0.1) is 0 Å². The minimum Gasteiger partial charge on any atom is -0.372 e. The van der Waals surface area contributed by atoms with Gasteiger partial charge in [-0.15, -0.1) is 6.58 Å². The van der Waals surface area contributed by atoms with Crippen LogP contribution in [0.5, 0.6) is 0 Å². The molecule has 86 valence electrons. The van der Waals surface area contributed by atoms with E-state index in [1.54, 1.807) is 0 Å². The molecule has 1 N–H and O–H groups in total. The second kappa shape index (κ2) is 4.81. The van der Waals surface area contributed by atoms with Crippen molar-refractivity contribution in [3.05, 3.63) is 47.0 Å². The summed E-state index contributed by atoms with van der Waals surface area (Å²) in [4.78, 5) is 0. The minimum absolute atomic E-state index is 0.364. The third-order valence-corrected chi connectivity index (χ3v) is 3.05. The van der Waals surface area contributed by atoms with Crippen LogP contribution < -0.4 is 5.32 Å². The van der Waals surface area contributed by atoms with Crippen LogP contribution in [0.2, 0.25) is 0 Å². The molecule has 2 heteroatoms. The summed E-state index contributed by atoms with van der Waals surface area (Å²) in [5.41, 5.74) is 5.19. The molecule has 16 heavy (non-hydrogen) atoms. The van der Waals surface area contributed by atoms with Crippen LogP contribution in [0.3, 0.4) is 0 Å². The SMILES string of the molecule is C=C(C)CC(NC)c1ccc2c(c1)COC2. The number of nitrogens with one attached hydrogen (secondary N) is 1. The molecule has 0 fully saturated rings. The maximum absolute atomic E-state index is 5.43. The highest BCUT2D eigenvalue weighted by molar-refractivity contribution is 5.35. The van der Waals surface area contributed by atoms with Crippen molar-refractivity contribution >= 4 is 0 Å². The Morgan fingerprint density at radius 1 is 1.44 bits per heavy atom.